The molecular weight excluding hydrogens is 388 g/mol. The molecule has 1 aliphatic heterocycles. The zero-order valence-corrected chi connectivity index (χ0v) is 16.6. The van der Waals surface area contributed by atoms with E-state index in [2.05, 4.69) is 21.2 Å². The average molecular weight is 407 g/mol. The second kappa shape index (κ2) is 7.04. The van der Waals surface area contributed by atoms with Crippen molar-refractivity contribution in [1.29, 1.82) is 0 Å². The molecule has 4 aromatic rings. The largest absolute Gasteiger partial charge is 0.361 e. The number of carbonyl (C=O) groups is 1. The Balaban J connectivity index is 1.36. The highest BCUT2D eigenvalue weighted by Gasteiger charge is 2.35. The standard InChI is InChI=1S/C22H19ClN4O2/c1-13-17(23)6-4-8-19(13)27-12-15(10-21(27)28)22-25-20(29-26-22)9-14-11-24-18-7-3-2-5-16(14)18/h2-8,11,15,24H,9-10,12H2,1H3. The van der Waals surface area contributed by atoms with E-state index in [1.807, 2.05) is 49.5 Å². The van der Waals surface area contributed by atoms with Crippen LogP contribution in [0.3, 0.4) is 0 Å². The molecule has 5 rings (SSSR count). The van der Waals surface area contributed by atoms with Crippen LogP contribution in [0, 0.1) is 6.92 Å². The van der Waals surface area contributed by atoms with Gasteiger partial charge >= 0.3 is 0 Å². The van der Waals surface area contributed by atoms with Crippen LogP contribution in [0.2, 0.25) is 5.02 Å². The number of carbonyl (C=O) groups excluding carboxylic acids is 1. The van der Waals surface area contributed by atoms with Crippen molar-refractivity contribution >= 4 is 34.1 Å². The van der Waals surface area contributed by atoms with Gasteiger partial charge in [0.2, 0.25) is 11.8 Å². The number of aromatic amines is 1. The minimum Gasteiger partial charge on any atom is -0.361 e. The van der Waals surface area contributed by atoms with Crippen molar-refractivity contribution in [3.8, 4) is 0 Å². The van der Waals surface area contributed by atoms with Crippen LogP contribution >= 0.6 is 11.6 Å². The van der Waals surface area contributed by atoms with Gasteiger partial charge in [-0.15, -0.1) is 0 Å². The van der Waals surface area contributed by atoms with Crippen LogP contribution in [-0.2, 0) is 11.2 Å². The minimum absolute atomic E-state index is 0.0448. The molecule has 0 spiro atoms. The first kappa shape index (κ1) is 17.9. The summed E-state index contributed by atoms with van der Waals surface area (Å²) in [6.07, 6.45) is 2.88. The van der Waals surface area contributed by atoms with Crippen molar-refractivity contribution < 1.29 is 9.32 Å². The van der Waals surface area contributed by atoms with Crippen molar-refractivity contribution in [1.82, 2.24) is 15.1 Å². The fraction of sp³-hybridized carbons (Fsp3) is 0.227. The maximum atomic E-state index is 12.6. The Morgan fingerprint density at radius 2 is 2.10 bits per heavy atom. The molecule has 0 aliphatic carbocycles. The molecule has 1 fully saturated rings. The van der Waals surface area contributed by atoms with E-state index < -0.39 is 0 Å². The number of fused-ring (bicyclic) bond motifs is 1. The van der Waals surface area contributed by atoms with E-state index in [0.29, 0.717) is 36.1 Å². The van der Waals surface area contributed by atoms with Crippen molar-refractivity contribution in [2.24, 2.45) is 0 Å². The highest BCUT2D eigenvalue weighted by molar-refractivity contribution is 6.31. The minimum atomic E-state index is -0.0960. The number of rotatable bonds is 4. The lowest BCUT2D eigenvalue weighted by Crippen LogP contribution is -2.25. The summed E-state index contributed by atoms with van der Waals surface area (Å²) in [6.45, 7) is 2.44. The van der Waals surface area contributed by atoms with E-state index in [0.717, 1.165) is 27.7 Å². The van der Waals surface area contributed by atoms with Crippen molar-refractivity contribution in [2.75, 3.05) is 11.4 Å². The Hall–Kier alpha value is -3.12. The molecule has 2 aromatic heterocycles. The zero-order valence-electron chi connectivity index (χ0n) is 15.9. The molecule has 1 N–H and O–H groups in total. The van der Waals surface area contributed by atoms with E-state index in [1.54, 1.807) is 4.90 Å². The topological polar surface area (TPSA) is 75.0 Å². The van der Waals surface area contributed by atoms with Gasteiger partial charge in [0.05, 0.1) is 6.42 Å². The van der Waals surface area contributed by atoms with Crippen LogP contribution in [0.5, 0.6) is 0 Å². The van der Waals surface area contributed by atoms with Crippen LogP contribution in [0.4, 0.5) is 5.69 Å². The van der Waals surface area contributed by atoms with Gasteiger partial charge in [-0.05, 0) is 36.2 Å². The number of para-hydroxylation sites is 1. The number of hydrogen-bond donors (Lipinski definition) is 1. The predicted molar refractivity (Wildman–Crippen MR) is 111 cm³/mol. The smallest absolute Gasteiger partial charge is 0.231 e. The van der Waals surface area contributed by atoms with Crippen molar-refractivity contribution in [2.45, 2.75) is 25.7 Å². The number of halogens is 1. The first-order chi connectivity index (χ1) is 14.1. The van der Waals surface area contributed by atoms with E-state index in [9.17, 15) is 4.79 Å². The highest BCUT2D eigenvalue weighted by atomic mass is 35.5. The lowest BCUT2D eigenvalue weighted by atomic mass is 10.1. The fourth-order valence-corrected chi connectivity index (χ4v) is 4.12. The normalized spacial score (nSPS) is 16.8. The van der Waals surface area contributed by atoms with Gasteiger partial charge in [-0.1, -0.05) is 41.0 Å². The van der Waals surface area contributed by atoms with Gasteiger partial charge in [0.25, 0.3) is 0 Å². The Bertz CT molecular complexity index is 1210. The summed E-state index contributed by atoms with van der Waals surface area (Å²) >= 11 is 6.23. The van der Waals surface area contributed by atoms with Gasteiger partial charge in [0.15, 0.2) is 5.82 Å². The third kappa shape index (κ3) is 3.19. The van der Waals surface area contributed by atoms with Gasteiger partial charge in [0, 0.05) is 46.7 Å². The number of aromatic nitrogens is 3. The molecule has 1 unspecified atom stereocenters. The summed E-state index contributed by atoms with van der Waals surface area (Å²) in [5.41, 5.74) is 3.93. The monoisotopic (exact) mass is 406 g/mol. The number of anilines is 1. The maximum absolute atomic E-state index is 12.6. The van der Waals surface area contributed by atoms with Crippen LogP contribution in [-0.4, -0.2) is 27.6 Å². The SMILES string of the molecule is Cc1c(Cl)cccc1N1CC(c2noc(Cc3c[nH]c4ccccc34)n2)CC1=O. The van der Waals surface area contributed by atoms with Gasteiger partial charge < -0.3 is 14.4 Å². The lowest BCUT2D eigenvalue weighted by Gasteiger charge is -2.19. The average Bonchev–Trinajstić information content (AvgIpc) is 3.44. The molecule has 7 heteroatoms. The highest BCUT2D eigenvalue weighted by Crippen LogP contribution is 2.34. The van der Waals surface area contributed by atoms with Crippen LogP contribution in [0.15, 0.2) is 53.2 Å². The number of H-pyrrole nitrogens is 1. The third-order valence-electron chi connectivity index (χ3n) is 5.52. The zero-order chi connectivity index (χ0) is 20.0. The second-order valence-electron chi connectivity index (χ2n) is 7.37. The molecule has 3 heterocycles. The van der Waals surface area contributed by atoms with E-state index in [1.165, 1.54) is 0 Å². The van der Waals surface area contributed by atoms with Crippen molar-refractivity contribution in [3.63, 3.8) is 0 Å². The molecule has 2 aromatic carbocycles. The van der Waals surface area contributed by atoms with Gasteiger partial charge in [-0.25, -0.2) is 0 Å². The molecule has 1 atom stereocenters. The molecule has 0 saturated carbocycles. The van der Waals surface area contributed by atoms with E-state index in [-0.39, 0.29) is 11.8 Å². The molecule has 29 heavy (non-hydrogen) atoms. The molecule has 0 radical (unpaired) electrons. The Labute approximate surface area is 172 Å². The summed E-state index contributed by atoms with van der Waals surface area (Å²) in [4.78, 5) is 22.2. The number of hydrogen-bond acceptors (Lipinski definition) is 4. The van der Waals surface area contributed by atoms with E-state index in [4.69, 9.17) is 16.1 Å². The summed E-state index contributed by atoms with van der Waals surface area (Å²) < 4.78 is 5.49. The quantitative estimate of drug-likeness (QED) is 0.536. The summed E-state index contributed by atoms with van der Waals surface area (Å²) in [7, 11) is 0. The fourth-order valence-electron chi connectivity index (χ4n) is 3.95. The van der Waals surface area contributed by atoms with Gasteiger partial charge in [-0.3, -0.25) is 4.79 Å². The second-order valence-corrected chi connectivity index (χ2v) is 7.78. The molecule has 6 nitrogen and oxygen atoms in total. The first-order valence-corrected chi connectivity index (χ1v) is 9.91. The van der Waals surface area contributed by atoms with Crippen LogP contribution in [0.25, 0.3) is 10.9 Å². The van der Waals surface area contributed by atoms with Crippen LogP contribution < -0.4 is 4.90 Å². The number of benzene rings is 2. The predicted octanol–water partition coefficient (Wildman–Crippen LogP) is 4.62. The molecule has 146 valence electrons. The molecule has 0 bridgehead atoms. The first-order valence-electron chi connectivity index (χ1n) is 9.53. The Morgan fingerprint density at radius 1 is 1.24 bits per heavy atom. The van der Waals surface area contributed by atoms with Gasteiger partial charge in [-0.2, -0.15) is 4.98 Å². The molecular formula is C22H19ClN4O2. The summed E-state index contributed by atoms with van der Waals surface area (Å²) in [5, 5.41) is 5.96. The lowest BCUT2D eigenvalue weighted by molar-refractivity contribution is -0.117. The number of nitrogens with zero attached hydrogens (tertiary/aromatic N) is 3. The summed E-state index contributed by atoms with van der Waals surface area (Å²) in [5.74, 6) is 1.08. The molecule has 1 aliphatic rings. The number of nitrogens with one attached hydrogen (secondary N) is 1. The van der Waals surface area contributed by atoms with Crippen molar-refractivity contribution in [3.05, 3.63) is 76.5 Å². The summed E-state index contributed by atoms with van der Waals surface area (Å²) in [6, 6.07) is 13.7. The van der Waals surface area contributed by atoms with Gasteiger partial charge in [0.1, 0.15) is 0 Å². The molecule has 1 saturated heterocycles. The molecule has 1 amide bonds. The van der Waals surface area contributed by atoms with Crippen LogP contribution in [0.1, 0.15) is 35.2 Å². The third-order valence-corrected chi connectivity index (χ3v) is 5.93. The maximum Gasteiger partial charge on any atom is 0.231 e. The number of amides is 1. The van der Waals surface area contributed by atoms with E-state index >= 15 is 0 Å². The Morgan fingerprint density at radius 3 is 3.00 bits per heavy atom. The Kier molecular flexibility index (Phi) is 4.36.